The molecule has 21 heavy (non-hydrogen) atoms. The first-order valence-electron chi connectivity index (χ1n) is 6.40. The average molecular weight is 400 g/mol. The maximum Gasteiger partial charge on any atom is 0 e. The average Bonchev–Trinajstić information content (AvgIpc) is 2.51. The first-order chi connectivity index (χ1) is 9.45. The minimum atomic E-state index is -0.446. The van der Waals surface area contributed by atoms with Crippen molar-refractivity contribution in [2.75, 3.05) is 0 Å². The Balaban J connectivity index is 0.00000110. The quantitative estimate of drug-likeness (QED) is 0.463. The summed E-state index contributed by atoms with van der Waals surface area (Å²) >= 11 is 0. The molecule has 0 nitrogen and oxygen atoms in total. The van der Waals surface area contributed by atoms with E-state index in [1.54, 1.807) is 0 Å². The summed E-state index contributed by atoms with van der Waals surface area (Å²) in [6.45, 7) is 0. The predicted octanol–water partition coefficient (Wildman–Crippen LogP) is 3.86. The van der Waals surface area contributed by atoms with Gasteiger partial charge in [-0.25, -0.2) is 0 Å². The number of benzene rings is 3. The van der Waals surface area contributed by atoms with Crippen LogP contribution in [0.3, 0.4) is 0 Å². The van der Waals surface area contributed by atoms with Crippen molar-refractivity contribution in [2.24, 2.45) is 0 Å². The van der Waals surface area contributed by atoms with Crippen LogP contribution in [-0.4, -0.2) is 0 Å². The minimum absolute atomic E-state index is 0. The first kappa shape index (κ1) is 18.1. The zero-order valence-corrected chi connectivity index (χ0v) is 14.8. The first-order valence-corrected chi connectivity index (χ1v) is 7.74. The van der Waals surface area contributed by atoms with Gasteiger partial charge in [-0.2, -0.15) is 0 Å². The van der Waals surface area contributed by atoms with E-state index >= 15 is 0 Å². The van der Waals surface area contributed by atoms with E-state index < -0.39 is 7.92 Å². The minimum Gasteiger partial charge on any atom is -0.147 e. The molecule has 0 saturated heterocycles. The molecule has 0 atom stereocenters. The van der Waals surface area contributed by atoms with Gasteiger partial charge in [0.1, 0.15) is 0 Å². The second kappa shape index (κ2) is 9.11. The molecule has 3 heteroatoms. The van der Waals surface area contributed by atoms with Gasteiger partial charge in [0.2, 0.25) is 0 Å². The normalized spacial score (nSPS) is 9.57. The van der Waals surface area contributed by atoms with E-state index in [2.05, 4.69) is 91.0 Å². The van der Waals surface area contributed by atoms with Gasteiger partial charge in [-0.05, 0) is 23.8 Å². The predicted molar refractivity (Wildman–Crippen MR) is 92.4 cm³/mol. The molecule has 0 saturated carbocycles. The Bertz CT molecular complexity index is 535. The summed E-state index contributed by atoms with van der Waals surface area (Å²) in [5, 5.41) is 4.19. The van der Waals surface area contributed by atoms with Crippen LogP contribution < -0.4 is 15.9 Å². The molecule has 0 aromatic heterocycles. The molecule has 0 bridgehead atoms. The molecule has 0 spiro atoms. The molecule has 108 valence electrons. The fourth-order valence-corrected chi connectivity index (χ4v) is 4.48. The van der Waals surface area contributed by atoms with Crippen LogP contribution in [0, 0.1) is 0 Å². The molecular formula is C18H16ClPRu. The van der Waals surface area contributed by atoms with Gasteiger partial charge in [0.25, 0.3) is 0 Å². The van der Waals surface area contributed by atoms with Crippen LogP contribution >= 0.6 is 20.3 Å². The van der Waals surface area contributed by atoms with Gasteiger partial charge in [0.15, 0.2) is 0 Å². The van der Waals surface area contributed by atoms with E-state index in [0.717, 1.165) is 0 Å². The number of hydrogen-bond acceptors (Lipinski definition) is 0. The van der Waals surface area contributed by atoms with Crippen molar-refractivity contribution < 1.29 is 19.5 Å². The molecule has 0 radical (unpaired) electrons. The molecule has 0 aliphatic rings. The smallest absolute Gasteiger partial charge is 0 e. The molecule has 3 aromatic rings. The molecule has 0 heterocycles. The summed E-state index contributed by atoms with van der Waals surface area (Å²) in [5.74, 6) is 0. The van der Waals surface area contributed by atoms with Crippen LogP contribution in [-0.2, 0) is 19.5 Å². The SMILES string of the molecule is Cl.[Ru].c1ccc(P(c2ccccc2)c2ccccc2)cc1. The van der Waals surface area contributed by atoms with Gasteiger partial charge in [-0.15, -0.1) is 12.4 Å². The third kappa shape index (κ3) is 4.48. The van der Waals surface area contributed by atoms with Crippen LogP contribution in [0.2, 0.25) is 0 Å². The Morgan fingerprint density at radius 2 is 0.667 bits per heavy atom. The fraction of sp³-hybridized carbons (Fsp3) is 0. The molecule has 3 rings (SSSR count). The number of hydrogen-bond donors (Lipinski definition) is 0. The fourth-order valence-electron chi connectivity index (χ4n) is 2.18. The molecule has 0 fully saturated rings. The van der Waals surface area contributed by atoms with Crippen molar-refractivity contribution in [1.82, 2.24) is 0 Å². The summed E-state index contributed by atoms with van der Waals surface area (Å²) < 4.78 is 0. The molecular weight excluding hydrogens is 384 g/mol. The summed E-state index contributed by atoms with van der Waals surface area (Å²) in [5.41, 5.74) is 0. The third-order valence-electron chi connectivity index (χ3n) is 3.04. The van der Waals surface area contributed by atoms with E-state index in [-0.39, 0.29) is 31.9 Å². The van der Waals surface area contributed by atoms with Crippen LogP contribution in [0.4, 0.5) is 0 Å². The van der Waals surface area contributed by atoms with Crippen molar-refractivity contribution in [2.45, 2.75) is 0 Å². The van der Waals surface area contributed by atoms with Crippen LogP contribution in [0.5, 0.6) is 0 Å². The molecule has 3 aromatic carbocycles. The second-order valence-corrected chi connectivity index (χ2v) is 6.56. The Hall–Kier alpha value is -0.997. The molecule has 0 amide bonds. The van der Waals surface area contributed by atoms with Crippen LogP contribution in [0.15, 0.2) is 91.0 Å². The maximum absolute atomic E-state index is 2.23. The van der Waals surface area contributed by atoms with Crippen molar-refractivity contribution in [3.05, 3.63) is 91.0 Å². The second-order valence-electron chi connectivity index (χ2n) is 4.34. The van der Waals surface area contributed by atoms with E-state index in [0.29, 0.717) is 0 Å². The van der Waals surface area contributed by atoms with Gasteiger partial charge in [-0.1, -0.05) is 91.0 Å². The standard InChI is InChI=1S/C18H15P.ClH.Ru/c1-4-10-16(11-5-1)19(17-12-6-2-7-13-17)18-14-8-3-9-15-18;;/h1-15H;1H;. The number of halogens is 1. The van der Waals surface area contributed by atoms with E-state index in [1.165, 1.54) is 15.9 Å². The Morgan fingerprint density at radius 3 is 0.905 bits per heavy atom. The van der Waals surface area contributed by atoms with Crippen molar-refractivity contribution in [3.8, 4) is 0 Å². The van der Waals surface area contributed by atoms with Gasteiger partial charge >= 0.3 is 0 Å². The van der Waals surface area contributed by atoms with E-state index in [4.69, 9.17) is 0 Å². The Kier molecular flexibility index (Phi) is 7.83. The molecule has 0 N–H and O–H groups in total. The van der Waals surface area contributed by atoms with Gasteiger partial charge in [-0.3, -0.25) is 0 Å². The topological polar surface area (TPSA) is 0 Å². The largest absolute Gasteiger partial charge is 0.147 e. The van der Waals surface area contributed by atoms with Gasteiger partial charge in [0.05, 0.1) is 0 Å². The Labute approximate surface area is 146 Å². The zero-order valence-electron chi connectivity index (χ0n) is 11.4. The van der Waals surface area contributed by atoms with E-state index in [9.17, 15) is 0 Å². The van der Waals surface area contributed by atoms with Crippen molar-refractivity contribution in [3.63, 3.8) is 0 Å². The van der Waals surface area contributed by atoms with Gasteiger partial charge in [0, 0.05) is 19.5 Å². The third-order valence-corrected chi connectivity index (χ3v) is 5.49. The van der Waals surface area contributed by atoms with Crippen LogP contribution in [0.25, 0.3) is 0 Å². The summed E-state index contributed by atoms with van der Waals surface area (Å²) in [6.07, 6.45) is 0. The maximum atomic E-state index is 2.23. The van der Waals surface area contributed by atoms with Gasteiger partial charge < -0.3 is 0 Å². The van der Waals surface area contributed by atoms with Crippen LogP contribution in [0.1, 0.15) is 0 Å². The zero-order chi connectivity index (χ0) is 12.9. The number of rotatable bonds is 3. The van der Waals surface area contributed by atoms with E-state index in [1.807, 2.05) is 0 Å². The summed E-state index contributed by atoms with van der Waals surface area (Å²) in [4.78, 5) is 0. The van der Waals surface area contributed by atoms with Crippen molar-refractivity contribution in [1.29, 1.82) is 0 Å². The summed E-state index contributed by atoms with van der Waals surface area (Å²) in [7, 11) is -0.446. The molecule has 0 aliphatic heterocycles. The Morgan fingerprint density at radius 1 is 0.429 bits per heavy atom. The molecule has 0 aliphatic carbocycles. The molecule has 0 unspecified atom stereocenters. The van der Waals surface area contributed by atoms with Crippen molar-refractivity contribution >= 4 is 36.2 Å². The summed E-state index contributed by atoms with van der Waals surface area (Å²) in [6, 6.07) is 32.3. The monoisotopic (exact) mass is 400 g/mol.